The van der Waals surface area contributed by atoms with Crippen LogP contribution in [-0.2, 0) is 13.0 Å². The van der Waals surface area contributed by atoms with Gasteiger partial charge >= 0.3 is 5.69 Å². The van der Waals surface area contributed by atoms with E-state index in [1.807, 2.05) is 0 Å². The van der Waals surface area contributed by atoms with Gasteiger partial charge in [-0.15, -0.1) is 5.10 Å². The van der Waals surface area contributed by atoms with E-state index in [1.54, 1.807) is 48.5 Å². The largest absolute Gasteiger partial charge is 0.493 e. The Morgan fingerprint density at radius 1 is 1.14 bits per heavy atom. The maximum absolute atomic E-state index is 15.4. The van der Waals surface area contributed by atoms with Gasteiger partial charge in [-0.2, -0.15) is 4.68 Å². The predicted molar refractivity (Wildman–Crippen MR) is 133 cm³/mol. The second kappa shape index (κ2) is 10.4. The summed E-state index contributed by atoms with van der Waals surface area (Å²) in [6, 6.07) is 16.6. The number of aliphatic hydroxyl groups excluding tert-OH is 1. The lowest BCUT2D eigenvalue weighted by molar-refractivity contribution is 0.281. The smallest absolute Gasteiger partial charge is 0.348 e. The van der Waals surface area contributed by atoms with Crippen LogP contribution in [-0.4, -0.2) is 39.9 Å². The molecule has 0 fully saturated rings. The van der Waals surface area contributed by atoms with E-state index in [0.717, 1.165) is 10.2 Å². The third-order valence-electron chi connectivity index (χ3n) is 5.94. The maximum atomic E-state index is 15.4. The Balaban J connectivity index is 1.85. The van der Waals surface area contributed by atoms with Gasteiger partial charge in [0.05, 0.1) is 32.4 Å². The monoisotopic (exact) mass is 491 g/mol. The molecule has 1 atom stereocenters. The molecule has 1 unspecified atom stereocenters. The van der Waals surface area contributed by atoms with Gasteiger partial charge in [0.2, 0.25) is 0 Å². The number of nitrogens with two attached hydrogens (primary N) is 1. The fourth-order valence-electron chi connectivity index (χ4n) is 4.06. The minimum absolute atomic E-state index is 0.0605. The van der Waals surface area contributed by atoms with Crippen molar-refractivity contribution in [2.45, 2.75) is 18.9 Å². The number of amidine groups is 1. The highest BCUT2D eigenvalue weighted by atomic mass is 19.1. The first-order valence-electron chi connectivity index (χ1n) is 11.1. The molecule has 0 bridgehead atoms. The zero-order valence-electron chi connectivity index (χ0n) is 19.8. The number of aromatic nitrogens is 3. The fourth-order valence-corrected chi connectivity index (χ4v) is 4.06. The summed E-state index contributed by atoms with van der Waals surface area (Å²) in [5, 5.41) is 21.8. The number of H-pyrrole nitrogens is 1. The van der Waals surface area contributed by atoms with Crippen LogP contribution in [0, 0.1) is 11.2 Å². The predicted octanol–water partition coefficient (Wildman–Crippen LogP) is 2.87. The number of aromatic amines is 1. The Morgan fingerprint density at radius 2 is 1.81 bits per heavy atom. The highest BCUT2D eigenvalue weighted by Crippen LogP contribution is 2.36. The number of nitrogens with one attached hydrogen (secondary N) is 2. The van der Waals surface area contributed by atoms with E-state index in [9.17, 15) is 9.90 Å². The van der Waals surface area contributed by atoms with E-state index < -0.39 is 17.4 Å². The number of hydrogen-bond acceptors (Lipinski definition) is 6. The molecule has 186 valence electrons. The molecule has 0 saturated heterocycles. The van der Waals surface area contributed by atoms with Crippen LogP contribution in [0.2, 0.25) is 0 Å². The minimum Gasteiger partial charge on any atom is -0.493 e. The van der Waals surface area contributed by atoms with Crippen molar-refractivity contribution in [1.82, 2.24) is 14.8 Å². The van der Waals surface area contributed by atoms with Crippen LogP contribution in [0.15, 0.2) is 65.5 Å². The third-order valence-corrected chi connectivity index (χ3v) is 5.94. The van der Waals surface area contributed by atoms with Crippen molar-refractivity contribution in [2.75, 3.05) is 14.2 Å². The van der Waals surface area contributed by atoms with Gasteiger partial charge in [0.1, 0.15) is 17.5 Å². The molecule has 10 heteroatoms. The number of ether oxygens (including phenoxy) is 2. The van der Waals surface area contributed by atoms with Crippen molar-refractivity contribution in [3.05, 3.63) is 105 Å². The molecule has 0 saturated carbocycles. The lowest BCUT2D eigenvalue weighted by Gasteiger charge is -2.18. The van der Waals surface area contributed by atoms with Crippen molar-refractivity contribution in [3.63, 3.8) is 0 Å². The lowest BCUT2D eigenvalue weighted by Crippen LogP contribution is -2.17. The van der Waals surface area contributed by atoms with Gasteiger partial charge < -0.3 is 20.3 Å². The average molecular weight is 492 g/mol. The van der Waals surface area contributed by atoms with Crippen molar-refractivity contribution >= 4 is 5.84 Å². The molecule has 0 spiro atoms. The molecule has 4 rings (SSSR count). The van der Waals surface area contributed by atoms with Crippen LogP contribution in [0.25, 0.3) is 5.69 Å². The molecule has 9 nitrogen and oxygen atoms in total. The van der Waals surface area contributed by atoms with Crippen LogP contribution in [0.1, 0.15) is 34.0 Å². The normalized spacial score (nSPS) is 11.8. The molecule has 4 aromatic rings. The highest BCUT2D eigenvalue weighted by Gasteiger charge is 2.26. The number of hydrogen-bond donors (Lipinski definition) is 4. The Labute approximate surface area is 206 Å². The molecule has 0 aliphatic rings. The molecule has 36 heavy (non-hydrogen) atoms. The molecule has 1 heterocycles. The number of para-hydroxylation sites is 1. The topological polar surface area (TPSA) is 139 Å². The fraction of sp³-hybridized carbons (Fsp3) is 0.192. The summed E-state index contributed by atoms with van der Waals surface area (Å²) in [6.07, 6.45) is 0.277. The molecule has 5 N–H and O–H groups in total. The first-order valence-corrected chi connectivity index (χ1v) is 11.1. The molecule has 3 aromatic carbocycles. The molecular formula is C26H26FN5O4. The van der Waals surface area contributed by atoms with Gasteiger partial charge in [-0.05, 0) is 24.1 Å². The third kappa shape index (κ3) is 4.84. The van der Waals surface area contributed by atoms with Crippen molar-refractivity contribution in [3.8, 4) is 17.2 Å². The number of aliphatic hydroxyl groups is 1. The van der Waals surface area contributed by atoms with Gasteiger partial charge in [0.15, 0.2) is 11.5 Å². The number of nitrogens with zero attached hydrogens (tertiary/aromatic N) is 2. The Hall–Kier alpha value is -4.44. The summed E-state index contributed by atoms with van der Waals surface area (Å²) in [6.45, 7) is -0.277. The van der Waals surface area contributed by atoms with Gasteiger partial charge in [0.25, 0.3) is 0 Å². The zero-order valence-corrected chi connectivity index (χ0v) is 19.8. The van der Waals surface area contributed by atoms with Crippen molar-refractivity contribution in [1.29, 1.82) is 5.41 Å². The number of benzene rings is 3. The van der Waals surface area contributed by atoms with Crippen molar-refractivity contribution in [2.24, 2.45) is 5.73 Å². The second-order valence-corrected chi connectivity index (χ2v) is 8.11. The first kappa shape index (κ1) is 24.7. The van der Waals surface area contributed by atoms with Gasteiger partial charge in [-0.1, -0.05) is 42.5 Å². The van der Waals surface area contributed by atoms with Gasteiger partial charge in [-0.25, -0.2) is 9.18 Å². The lowest BCUT2D eigenvalue weighted by atomic mass is 9.90. The molecule has 0 radical (unpaired) electrons. The van der Waals surface area contributed by atoms with E-state index in [0.29, 0.717) is 22.6 Å². The van der Waals surface area contributed by atoms with Gasteiger partial charge in [0, 0.05) is 22.8 Å². The summed E-state index contributed by atoms with van der Waals surface area (Å²) in [7, 11) is 2.88. The molecule has 1 aromatic heterocycles. The summed E-state index contributed by atoms with van der Waals surface area (Å²) < 4.78 is 27.1. The number of halogens is 1. The zero-order chi connectivity index (χ0) is 25.8. The Bertz CT molecular complexity index is 1450. The van der Waals surface area contributed by atoms with Crippen LogP contribution >= 0.6 is 0 Å². The standard InChI is InChI=1S/C26H26FN5O4/c1-35-22-12-18(20(27)13-23(22)36-2)19(11-15-7-9-16(10-8-15)24(28)29)25-30-26(34)32(31-25)21-6-4-3-5-17(21)14-33/h3-10,12-13,19,33H,11,14H2,1-2H3,(H3,28,29)(H,30,31,34). The van der Waals surface area contributed by atoms with E-state index >= 15 is 4.39 Å². The van der Waals surface area contributed by atoms with Crippen LogP contribution < -0.4 is 20.9 Å². The Morgan fingerprint density at radius 3 is 2.44 bits per heavy atom. The highest BCUT2D eigenvalue weighted by molar-refractivity contribution is 5.94. The van der Waals surface area contributed by atoms with Gasteiger partial charge in [-0.3, -0.25) is 10.4 Å². The molecular weight excluding hydrogens is 465 g/mol. The van der Waals surface area contributed by atoms with Crippen LogP contribution in [0.3, 0.4) is 0 Å². The molecule has 0 aliphatic heterocycles. The average Bonchev–Trinajstić information content (AvgIpc) is 3.28. The summed E-state index contributed by atoms with van der Waals surface area (Å²) in [4.78, 5) is 15.7. The summed E-state index contributed by atoms with van der Waals surface area (Å²) in [5.41, 5.74) is 7.60. The minimum atomic E-state index is -0.705. The van der Waals surface area contributed by atoms with E-state index in [4.69, 9.17) is 20.6 Å². The number of nitrogen functional groups attached to an aromatic ring is 1. The SMILES string of the molecule is COc1cc(F)c(C(Cc2ccc(C(=N)N)cc2)c2nn(-c3ccccc3CO)c(=O)[nH]2)cc1OC. The van der Waals surface area contributed by atoms with E-state index in [2.05, 4.69) is 10.1 Å². The van der Waals surface area contributed by atoms with Crippen LogP contribution in [0.4, 0.5) is 4.39 Å². The molecule has 0 aliphatic carbocycles. The maximum Gasteiger partial charge on any atom is 0.348 e. The number of rotatable bonds is 9. The molecule has 0 amide bonds. The number of methoxy groups -OCH3 is 2. The first-order chi connectivity index (χ1) is 17.4. The second-order valence-electron chi connectivity index (χ2n) is 8.11. The van der Waals surface area contributed by atoms with Crippen LogP contribution in [0.5, 0.6) is 11.5 Å². The Kier molecular flexibility index (Phi) is 7.16. The van der Waals surface area contributed by atoms with E-state index in [-0.39, 0.29) is 36.0 Å². The quantitative estimate of drug-likeness (QED) is 0.210. The van der Waals surface area contributed by atoms with Crippen molar-refractivity contribution < 1.29 is 19.0 Å². The van der Waals surface area contributed by atoms with E-state index in [1.165, 1.54) is 26.4 Å². The summed E-state index contributed by atoms with van der Waals surface area (Å²) in [5.74, 6) is -0.519. The summed E-state index contributed by atoms with van der Waals surface area (Å²) >= 11 is 0.